The maximum Gasteiger partial charge on any atom is 0.135 e. The van der Waals surface area contributed by atoms with Gasteiger partial charge >= 0.3 is 0 Å². The molecular formula is C17H16BrN3O. The average Bonchev–Trinajstić information content (AvgIpc) is 2.89. The lowest BCUT2D eigenvalue weighted by atomic mass is 9.97. The maximum absolute atomic E-state index is 9.89. The van der Waals surface area contributed by atoms with Gasteiger partial charge in [-0.2, -0.15) is 5.26 Å². The van der Waals surface area contributed by atoms with Crippen molar-refractivity contribution in [1.82, 2.24) is 4.98 Å². The van der Waals surface area contributed by atoms with Crippen molar-refractivity contribution >= 4 is 21.6 Å². The second-order valence-electron chi connectivity index (χ2n) is 5.53. The molecule has 5 heteroatoms. The summed E-state index contributed by atoms with van der Waals surface area (Å²) in [5, 5.41) is 18.8. The molecule has 1 aliphatic rings. The van der Waals surface area contributed by atoms with Gasteiger partial charge in [-0.1, -0.05) is 6.07 Å². The van der Waals surface area contributed by atoms with E-state index in [1.165, 1.54) is 0 Å². The second kappa shape index (κ2) is 5.98. The maximum atomic E-state index is 9.89. The van der Waals surface area contributed by atoms with Gasteiger partial charge in [-0.25, -0.2) is 4.98 Å². The zero-order valence-electron chi connectivity index (χ0n) is 12.2. The Bertz CT molecular complexity index is 741. The van der Waals surface area contributed by atoms with Crippen molar-refractivity contribution in [3.05, 3.63) is 52.3 Å². The smallest absolute Gasteiger partial charge is 0.135 e. The van der Waals surface area contributed by atoms with Gasteiger partial charge in [-0.3, -0.25) is 0 Å². The first-order chi connectivity index (χ1) is 10.6. The number of nitriles is 1. The topological polar surface area (TPSA) is 60.2 Å². The monoisotopic (exact) mass is 357 g/mol. The highest BCUT2D eigenvalue weighted by Crippen LogP contribution is 2.37. The van der Waals surface area contributed by atoms with Crippen LogP contribution >= 0.6 is 15.9 Å². The molecule has 1 aromatic heterocycles. The number of pyridine rings is 1. The number of benzene rings is 1. The molecule has 1 aromatic carbocycles. The molecule has 1 unspecified atom stereocenters. The lowest BCUT2D eigenvalue weighted by molar-refractivity contribution is 0.473. The molecule has 1 saturated heterocycles. The summed E-state index contributed by atoms with van der Waals surface area (Å²) in [4.78, 5) is 6.83. The molecule has 1 N–H and O–H groups in total. The quantitative estimate of drug-likeness (QED) is 0.830. The van der Waals surface area contributed by atoms with Crippen molar-refractivity contribution in [3.8, 4) is 11.8 Å². The Hall–Kier alpha value is -2.06. The third kappa shape index (κ3) is 2.67. The molecule has 3 rings (SSSR count). The number of anilines is 1. The largest absolute Gasteiger partial charge is 0.506 e. The van der Waals surface area contributed by atoms with E-state index in [0.717, 1.165) is 29.0 Å². The summed E-state index contributed by atoms with van der Waals surface area (Å²) in [6, 6.07) is 13.5. The molecule has 0 spiro atoms. The van der Waals surface area contributed by atoms with Gasteiger partial charge in [0.15, 0.2) is 0 Å². The Morgan fingerprint density at radius 1 is 1.36 bits per heavy atom. The van der Waals surface area contributed by atoms with Crippen LogP contribution in [0.3, 0.4) is 0 Å². The third-order valence-corrected chi connectivity index (χ3v) is 4.75. The van der Waals surface area contributed by atoms with Gasteiger partial charge in [0.1, 0.15) is 16.4 Å². The summed E-state index contributed by atoms with van der Waals surface area (Å²) >= 11 is 3.43. The van der Waals surface area contributed by atoms with Gasteiger partial charge in [0.25, 0.3) is 0 Å². The van der Waals surface area contributed by atoms with Crippen molar-refractivity contribution in [3.63, 3.8) is 0 Å². The van der Waals surface area contributed by atoms with Crippen LogP contribution in [0.1, 0.15) is 30.5 Å². The number of phenolic OH excluding ortho intramolecular Hbond substituents is 1. The van der Waals surface area contributed by atoms with Crippen LogP contribution in [0, 0.1) is 11.3 Å². The van der Waals surface area contributed by atoms with Crippen LogP contribution < -0.4 is 4.90 Å². The molecule has 0 amide bonds. The van der Waals surface area contributed by atoms with Crippen molar-refractivity contribution in [2.24, 2.45) is 0 Å². The molecule has 1 fully saturated rings. The van der Waals surface area contributed by atoms with Crippen molar-refractivity contribution in [2.45, 2.75) is 25.3 Å². The summed E-state index contributed by atoms with van der Waals surface area (Å²) in [6.07, 6.45) is 1.02. The average molecular weight is 358 g/mol. The van der Waals surface area contributed by atoms with Gasteiger partial charge in [-0.15, -0.1) is 0 Å². The van der Waals surface area contributed by atoms with E-state index in [-0.39, 0.29) is 11.8 Å². The normalized spacial score (nSPS) is 20.9. The number of rotatable bonds is 2. The summed E-state index contributed by atoms with van der Waals surface area (Å²) in [6.45, 7) is 3.08. The molecular weight excluding hydrogens is 342 g/mol. The Balaban J connectivity index is 1.86. The van der Waals surface area contributed by atoms with Gasteiger partial charge < -0.3 is 10.0 Å². The number of nitrogens with zero attached hydrogens (tertiary/aromatic N) is 3. The first-order valence-corrected chi connectivity index (χ1v) is 8.01. The van der Waals surface area contributed by atoms with E-state index < -0.39 is 0 Å². The highest BCUT2D eigenvalue weighted by atomic mass is 79.9. The molecule has 0 aliphatic carbocycles. The fourth-order valence-electron chi connectivity index (χ4n) is 3.12. The van der Waals surface area contributed by atoms with Crippen molar-refractivity contribution in [1.29, 1.82) is 5.26 Å². The molecule has 0 saturated carbocycles. The van der Waals surface area contributed by atoms with Crippen LogP contribution in [0.25, 0.3) is 0 Å². The SMILES string of the molecule is C[C@H]1C(c2cccc(Br)n2)CCN1c1ccc(C#N)c(O)c1. The zero-order valence-corrected chi connectivity index (χ0v) is 13.8. The van der Waals surface area contributed by atoms with Crippen molar-refractivity contribution < 1.29 is 5.11 Å². The van der Waals surface area contributed by atoms with E-state index in [1.54, 1.807) is 12.1 Å². The fraction of sp³-hybridized carbons (Fsp3) is 0.294. The van der Waals surface area contributed by atoms with Crippen LogP contribution in [-0.2, 0) is 0 Å². The third-order valence-electron chi connectivity index (χ3n) is 4.30. The number of halogens is 1. The van der Waals surface area contributed by atoms with Crippen LogP contribution in [0.2, 0.25) is 0 Å². The van der Waals surface area contributed by atoms with E-state index in [4.69, 9.17) is 5.26 Å². The predicted molar refractivity (Wildman–Crippen MR) is 88.9 cm³/mol. The van der Waals surface area contributed by atoms with Gasteiger partial charge in [0.05, 0.1) is 5.56 Å². The van der Waals surface area contributed by atoms with Gasteiger partial charge in [-0.05, 0) is 53.5 Å². The number of hydrogen-bond donors (Lipinski definition) is 1. The minimum Gasteiger partial charge on any atom is -0.506 e. The second-order valence-corrected chi connectivity index (χ2v) is 6.34. The van der Waals surface area contributed by atoms with E-state index in [1.807, 2.05) is 24.3 Å². The molecule has 0 radical (unpaired) electrons. The summed E-state index contributed by atoms with van der Waals surface area (Å²) in [7, 11) is 0. The standard InChI is InChI=1S/C17H16BrN3O/c1-11-14(15-3-2-4-17(18)20-15)7-8-21(11)13-6-5-12(10-19)16(22)9-13/h2-6,9,11,14,22H,7-8H2,1H3/t11-,14?/m0/s1. The Morgan fingerprint density at radius 2 is 2.18 bits per heavy atom. The van der Waals surface area contributed by atoms with E-state index in [0.29, 0.717) is 11.5 Å². The fourth-order valence-corrected chi connectivity index (χ4v) is 3.48. The molecule has 112 valence electrons. The number of aromatic nitrogens is 1. The molecule has 0 bridgehead atoms. The van der Waals surface area contributed by atoms with E-state index >= 15 is 0 Å². The number of aromatic hydroxyl groups is 1. The minimum absolute atomic E-state index is 0.0382. The highest BCUT2D eigenvalue weighted by molar-refractivity contribution is 9.10. The van der Waals surface area contributed by atoms with Crippen LogP contribution in [0.4, 0.5) is 5.69 Å². The lowest BCUT2D eigenvalue weighted by Gasteiger charge is -2.27. The predicted octanol–water partition coefficient (Wildman–Crippen LogP) is 3.80. The van der Waals surface area contributed by atoms with Crippen molar-refractivity contribution in [2.75, 3.05) is 11.4 Å². The van der Waals surface area contributed by atoms with Gasteiger partial charge in [0.2, 0.25) is 0 Å². The molecule has 22 heavy (non-hydrogen) atoms. The van der Waals surface area contributed by atoms with Gasteiger partial charge in [0, 0.05) is 36.0 Å². The Kier molecular flexibility index (Phi) is 4.04. The number of phenols is 1. The molecule has 2 heterocycles. The zero-order chi connectivity index (χ0) is 15.7. The Morgan fingerprint density at radius 3 is 2.86 bits per heavy atom. The minimum atomic E-state index is 0.0382. The Labute approximate surface area is 138 Å². The van der Waals surface area contributed by atoms with E-state index in [2.05, 4.69) is 38.8 Å². The number of hydrogen-bond acceptors (Lipinski definition) is 4. The van der Waals surface area contributed by atoms with Crippen LogP contribution in [-0.4, -0.2) is 22.7 Å². The highest BCUT2D eigenvalue weighted by Gasteiger charge is 2.33. The molecule has 4 nitrogen and oxygen atoms in total. The molecule has 2 atom stereocenters. The summed E-state index contributed by atoms with van der Waals surface area (Å²) < 4.78 is 0.853. The van der Waals surface area contributed by atoms with Crippen LogP contribution in [0.5, 0.6) is 5.75 Å². The molecule has 1 aliphatic heterocycles. The van der Waals surface area contributed by atoms with Crippen LogP contribution in [0.15, 0.2) is 41.0 Å². The molecule has 2 aromatic rings. The lowest BCUT2D eigenvalue weighted by Crippen LogP contribution is -2.29. The first kappa shape index (κ1) is 14.9. The summed E-state index contributed by atoms with van der Waals surface area (Å²) in [5.41, 5.74) is 2.34. The van der Waals surface area contributed by atoms with E-state index in [9.17, 15) is 5.11 Å². The summed E-state index contributed by atoms with van der Waals surface area (Å²) in [5.74, 6) is 0.395. The first-order valence-electron chi connectivity index (χ1n) is 7.22.